The van der Waals surface area contributed by atoms with Gasteiger partial charge in [-0.1, -0.05) is 0 Å². The predicted molar refractivity (Wildman–Crippen MR) is 140 cm³/mol. The van der Waals surface area contributed by atoms with Gasteiger partial charge in [0.05, 0.1) is 23.3 Å². The summed E-state index contributed by atoms with van der Waals surface area (Å²) >= 11 is 0. The van der Waals surface area contributed by atoms with E-state index in [4.69, 9.17) is 0 Å². The maximum atomic E-state index is 12.0. The standard InChI is InChI=1S/2C15H18N2O3.2Li/c2*18-14(11-1-2-11)17-7-4-10(5-8-17)12-3-6-16-13(9-12)15(19)20;;/h2*3,6,9-11H,1-2,4-5,7-8H2,(H,19,20);;/q;;2*+1/p-2. The van der Waals surface area contributed by atoms with Gasteiger partial charge in [0, 0.05) is 50.4 Å². The van der Waals surface area contributed by atoms with Gasteiger partial charge in [0.15, 0.2) is 0 Å². The molecule has 0 radical (unpaired) electrons. The summed E-state index contributed by atoms with van der Waals surface area (Å²) in [5.41, 5.74) is 1.94. The minimum absolute atomic E-state index is 0. The second-order valence-corrected chi connectivity index (χ2v) is 11.3. The molecule has 2 aliphatic heterocycles. The molecule has 2 aromatic rings. The number of hydrogen-bond donors (Lipinski definition) is 0. The average Bonchev–Trinajstić information content (AvgIpc) is 3.91. The summed E-state index contributed by atoms with van der Waals surface area (Å²) in [5, 5.41) is 21.7. The molecule has 4 heterocycles. The molecule has 2 saturated heterocycles. The van der Waals surface area contributed by atoms with E-state index in [0.717, 1.165) is 88.7 Å². The molecule has 12 heteroatoms. The monoisotopic (exact) mass is 560 g/mol. The number of carbonyl (C=O) groups excluding carboxylic acids is 4. The number of piperidine rings is 2. The van der Waals surface area contributed by atoms with E-state index in [9.17, 15) is 29.4 Å². The van der Waals surface area contributed by atoms with Crippen LogP contribution in [0.4, 0.5) is 0 Å². The van der Waals surface area contributed by atoms with Crippen molar-refractivity contribution < 1.29 is 67.1 Å². The molecule has 2 amide bonds. The van der Waals surface area contributed by atoms with E-state index in [0.29, 0.717) is 23.7 Å². The predicted octanol–water partition coefficient (Wildman–Crippen LogP) is -4.87. The number of rotatable bonds is 6. The molecule has 0 unspecified atom stereocenters. The Morgan fingerprint density at radius 2 is 0.929 bits per heavy atom. The molecular formula is C30H34Li2N4O6. The van der Waals surface area contributed by atoms with Crippen LogP contribution in [0, 0.1) is 11.8 Å². The maximum Gasteiger partial charge on any atom is 1.00 e. The molecule has 2 aliphatic carbocycles. The number of amides is 2. The molecule has 212 valence electrons. The van der Waals surface area contributed by atoms with Crippen molar-refractivity contribution in [2.45, 2.75) is 63.2 Å². The largest absolute Gasteiger partial charge is 1.00 e. The third-order valence-electron chi connectivity index (χ3n) is 8.40. The molecule has 2 aromatic heterocycles. The molecule has 0 aromatic carbocycles. The second-order valence-electron chi connectivity index (χ2n) is 11.3. The van der Waals surface area contributed by atoms with Gasteiger partial charge in [0.1, 0.15) is 0 Å². The second kappa shape index (κ2) is 15.2. The van der Waals surface area contributed by atoms with Gasteiger partial charge in [-0.3, -0.25) is 19.6 Å². The molecule has 4 fully saturated rings. The summed E-state index contributed by atoms with van der Waals surface area (Å²) in [5.74, 6) is -0.725. The van der Waals surface area contributed by atoms with Gasteiger partial charge in [0.2, 0.25) is 11.8 Å². The number of hydrogen-bond acceptors (Lipinski definition) is 8. The summed E-state index contributed by atoms with van der Waals surface area (Å²) < 4.78 is 0. The van der Waals surface area contributed by atoms with Crippen molar-refractivity contribution >= 4 is 23.8 Å². The van der Waals surface area contributed by atoms with Crippen LogP contribution in [0.2, 0.25) is 0 Å². The summed E-state index contributed by atoms with van der Waals surface area (Å²) in [6.07, 6.45) is 10.7. The number of likely N-dealkylation sites (tertiary alicyclic amines) is 2. The Bertz CT molecular complexity index is 1170. The van der Waals surface area contributed by atoms with E-state index in [1.54, 1.807) is 12.1 Å². The van der Waals surface area contributed by atoms with Gasteiger partial charge in [-0.15, -0.1) is 0 Å². The fourth-order valence-electron chi connectivity index (χ4n) is 5.67. The third-order valence-corrected chi connectivity index (χ3v) is 8.40. The van der Waals surface area contributed by atoms with Gasteiger partial charge >= 0.3 is 37.7 Å². The number of aromatic nitrogens is 2. The molecule has 10 nitrogen and oxygen atoms in total. The van der Waals surface area contributed by atoms with Gasteiger partial charge in [0.25, 0.3) is 0 Å². The van der Waals surface area contributed by atoms with Crippen LogP contribution in [0.25, 0.3) is 0 Å². The fourth-order valence-corrected chi connectivity index (χ4v) is 5.67. The van der Waals surface area contributed by atoms with Crippen LogP contribution in [0.15, 0.2) is 36.7 Å². The third kappa shape index (κ3) is 8.70. The van der Waals surface area contributed by atoms with Crippen molar-refractivity contribution in [1.29, 1.82) is 0 Å². The zero-order chi connectivity index (χ0) is 28.2. The molecule has 2 saturated carbocycles. The van der Waals surface area contributed by atoms with E-state index >= 15 is 0 Å². The summed E-state index contributed by atoms with van der Waals surface area (Å²) in [4.78, 5) is 57.1. The molecule has 6 rings (SSSR count). The van der Waals surface area contributed by atoms with Gasteiger partial charge in [-0.05, 0) is 98.6 Å². The fraction of sp³-hybridized carbons (Fsp3) is 0.533. The maximum absolute atomic E-state index is 12.0. The Morgan fingerprint density at radius 1 is 0.595 bits per heavy atom. The molecule has 4 aliphatic rings. The van der Waals surface area contributed by atoms with Crippen LogP contribution >= 0.6 is 0 Å². The minimum atomic E-state index is -1.24. The van der Waals surface area contributed by atoms with E-state index in [2.05, 4.69) is 9.97 Å². The Hall–Kier alpha value is -2.63. The van der Waals surface area contributed by atoms with Crippen molar-refractivity contribution in [3.8, 4) is 0 Å². The smallest absolute Gasteiger partial charge is 0.543 e. The van der Waals surface area contributed by atoms with Crippen LogP contribution in [0.3, 0.4) is 0 Å². The van der Waals surface area contributed by atoms with E-state index < -0.39 is 11.9 Å². The van der Waals surface area contributed by atoms with Crippen LogP contribution < -0.4 is 47.9 Å². The zero-order valence-corrected chi connectivity index (χ0v) is 24.5. The SMILES string of the molecule is O=C([O-])c1cc(C2CCN(C(=O)C3CC3)CC2)ccn1.O=C([O-])c1cc(C2CCN(C(=O)C3CC3)CC2)ccn1.[Li+].[Li+]. The number of pyridine rings is 2. The van der Waals surface area contributed by atoms with Crippen LogP contribution in [-0.4, -0.2) is 69.7 Å². The Balaban J connectivity index is 0.000000220. The Kier molecular flexibility index (Phi) is 12.3. The normalized spacial score (nSPS) is 19.0. The van der Waals surface area contributed by atoms with E-state index in [-0.39, 0.29) is 60.9 Å². The van der Waals surface area contributed by atoms with Crippen molar-refractivity contribution in [3.63, 3.8) is 0 Å². The Labute approximate surface area is 270 Å². The quantitative estimate of drug-likeness (QED) is 0.320. The number of carbonyl (C=O) groups is 4. The number of carboxylic acids is 2. The molecule has 42 heavy (non-hydrogen) atoms. The van der Waals surface area contributed by atoms with Crippen LogP contribution in [-0.2, 0) is 9.59 Å². The molecule has 0 atom stereocenters. The number of nitrogens with zero attached hydrogens (tertiary/aromatic N) is 4. The first-order valence-corrected chi connectivity index (χ1v) is 14.2. The zero-order valence-electron chi connectivity index (χ0n) is 24.5. The van der Waals surface area contributed by atoms with Gasteiger partial charge in [-0.2, -0.15) is 0 Å². The topological polar surface area (TPSA) is 147 Å². The van der Waals surface area contributed by atoms with Crippen molar-refractivity contribution in [2.24, 2.45) is 11.8 Å². The summed E-state index contributed by atoms with van der Waals surface area (Å²) in [7, 11) is 0. The summed E-state index contributed by atoms with van der Waals surface area (Å²) in [6, 6.07) is 6.90. The molecule has 0 bridgehead atoms. The first kappa shape index (κ1) is 33.9. The Morgan fingerprint density at radius 3 is 1.21 bits per heavy atom. The van der Waals surface area contributed by atoms with Crippen molar-refractivity contribution in [1.82, 2.24) is 19.8 Å². The van der Waals surface area contributed by atoms with Gasteiger partial charge < -0.3 is 29.6 Å². The van der Waals surface area contributed by atoms with Gasteiger partial charge in [-0.25, -0.2) is 0 Å². The first-order valence-electron chi connectivity index (χ1n) is 14.2. The van der Waals surface area contributed by atoms with Crippen LogP contribution in [0.5, 0.6) is 0 Å². The van der Waals surface area contributed by atoms with E-state index in [1.807, 2.05) is 21.9 Å². The number of carboxylic acid groups (broad SMARTS) is 2. The van der Waals surface area contributed by atoms with Crippen molar-refractivity contribution in [2.75, 3.05) is 26.2 Å². The molecule has 0 N–H and O–H groups in total. The van der Waals surface area contributed by atoms with Crippen molar-refractivity contribution in [3.05, 3.63) is 59.2 Å². The average molecular weight is 561 g/mol. The minimum Gasteiger partial charge on any atom is -0.543 e. The molecular weight excluding hydrogens is 526 g/mol. The summed E-state index contributed by atoms with van der Waals surface area (Å²) in [6.45, 7) is 3.07. The van der Waals surface area contributed by atoms with E-state index in [1.165, 1.54) is 12.4 Å². The number of aromatic carboxylic acids is 2. The molecule has 0 spiro atoms. The first-order chi connectivity index (χ1) is 19.3. The van der Waals surface area contributed by atoms with Crippen LogP contribution in [0.1, 0.15) is 95.3 Å².